The molecule has 1 saturated heterocycles. The van der Waals surface area contributed by atoms with Crippen molar-refractivity contribution in [2.24, 2.45) is 0 Å². The van der Waals surface area contributed by atoms with Gasteiger partial charge in [-0.15, -0.1) is 0 Å². The van der Waals surface area contributed by atoms with Gasteiger partial charge in [-0.1, -0.05) is 23.4 Å². The van der Waals surface area contributed by atoms with Crippen molar-refractivity contribution < 1.29 is 48.4 Å². The van der Waals surface area contributed by atoms with E-state index in [0.717, 1.165) is 6.07 Å². The number of halogens is 7. The summed E-state index contributed by atoms with van der Waals surface area (Å²) in [6.45, 7) is 1.28. The quantitative estimate of drug-likeness (QED) is 0.163. The summed E-state index contributed by atoms with van der Waals surface area (Å²) >= 11 is 2.93. The summed E-state index contributed by atoms with van der Waals surface area (Å²) in [6, 6.07) is 6.94. The third-order valence-corrected chi connectivity index (χ3v) is 5.39. The summed E-state index contributed by atoms with van der Waals surface area (Å²) < 4.78 is 76.6. The second-order valence-electron chi connectivity index (χ2n) is 8.02. The van der Waals surface area contributed by atoms with Crippen LogP contribution in [0.1, 0.15) is 31.0 Å². The molecule has 1 fully saturated rings. The van der Waals surface area contributed by atoms with E-state index < -0.39 is 69.4 Å². The molecule has 1 aliphatic rings. The summed E-state index contributed by atoms with van der Waals surface area (Å²) in [5, 5.41) is 0. The van der Waals surface area contributed by atoms with Crippen molar-refractivity contribution in [3.05, 3.63) is 105 Å². The van der Waals surface area contributed by atoms with E-state index in [1.807, 2.05) is 0 Å². The maximum atomic E-state index is 13.0. The minimum Gasteiger partial charge on any atom is -1.00 e. The molecule has 3 aromatic rings. The number of carbonyl (C=O) groups is 4. The van der Waals surface area contributed by atoms with Gasteiger partial charge >= 0.3 is 34.9 Å². The Morgan fingerprint density at radius 3 is 1.10 bits per heavy atom. The predicted molar refractivity (Wildman–Crippen MR) is 145 cm³/mol. The Morgan fingerprint density at radius 2 is 0.854 bits per heavy atom. The molecule has 0 radical (unpaired) electrons. The van der Waals surface area contributed by atoms with Crippen molar-refractivity contribution in [3.8, 4) is 0 Å². The molecule has 0 aliphatic carbocycles. The molecule has 0 unspecified atom stereocenters. The first-order chi connectivity index (χ1) is 18.2. The molecule has 6 nitrogen and oxygen atoms in total. The topological polar surface area (TPSA) is 74.8 Å². The molecule has 1 aliphatic heterocycles. The second kappa shape index (κ2) is 16.9. The van der Waals surface area contributed by atoms with Gasteiger partial charge in [0, 0.05) is 61.0 Å². The maximum Gasteiger partial charge on any atom is 2.00 e. The van der Waals surface area contributed by atoms with E-state index in [9.17, 15) is 45.5 Å². The first-order valence-corrected chi connectivity index (χ1v) is 11.6. The number of nitrogens with zero attached hydrogens (tertiary/aromatic N) is 2. The van der Waals surface area contributed by atoms with Crippen LogP contribution in [0, 0.1) is 34.9 Å². The minimum atomic E-state index is -1.26. The second-order valence-corrected chi connectivity index (χ2v) is 8.93. The molecule has 2 amide bonds. The average Bonchev–Trinajstić information content (AvgIpc) is 2.83. The van der Waals surface area contributed by atoms with Crippen LogP contribution in [-0.2, 0) is 9.59 Å². The van der Waals surface area contributed by atoms with Gasteiger partial charge in [-0.2, -0.15) is 0 Å². The molecule has 218 valence electrons. The van der Waals surface area contributed by atoms with Gasteiger partial charge in [0.05, 0.1) is 0 Å². The summed E-state index contributed by atoms with van der Waals surface area (Å²) in [5.41, 5.74) is -1.06. The molecule has 4 rings (SSSR count). The van der Waals surface area contributed by atoms with Gasteiger partial charge in [0.2, 0.25) is 11.6 Å². The Morgan fingerprint density at radius 1 is 0.610 bits per heavy atom. The van der Waals surface area contributed by atoms with E-state index in [1.54, 1.807) is 14.1 Å². The van der Waals surface area contributed by atoms with Gasteiger partial charge in [0.25, 0.3) is 0 Å². The van der Waals surface area contributed by atoms with E-state index in [4.69, 9.17) is 0 Å². The normalized spacial score (nSPS) is 12.1. The first-order valence-electron chi connectivity index (χ1n) is 10.8. The van der Waals surface area contributed by atoms with Crippen molar-refractivity contribution in [1.29, 1.82) is 0 Å². The number of rotatable bonds is 3. The summed E-state index contributed by atoms with van der Waals surface area (Å²) in [4.78, 5) is 48.1. The number of likely N-dealkylation sites (N-methyl/N-ethyl adjacent to an activating group) is 2. The van der Waals surface area contributed by atoms with Crippen LogP contribution < -0.4 is 0 Å². The molecular weight excluding hydrogens is 635 g/mol. The maximum absolute atomic E-state index is 13.0. The van der Waals surface area contributed by atoms with Crippen LogP contribution in [-0.4, -0.2) is 83.4 Å². The number of carbonyl (C=O) groups excluding carboxylic acids is 4. The van der Waals surface area contributed by atoms with Crippen molar-refractivity contribution in [3.63, 3.8) is 0 Å². The van der Waals surface area contributed by atoms with E-state index in [2.05, 4.69) is 15.9 Å². The Hall–Kier alpha value is -3.23. The first kappa shape index (κ1) is 37.8. The number of hydrogen-bond acceptors (Lipinski definition) is 4. The smallest absolute Gasteiger partial charge is 1.00 e. The molecule has 3 aromatic carbocycles. The Kier molecular flexibility index (Phi) is 15.6. The fraction of sp³-hybridized carbons (Fsp3) is 0.185. The van der Waals surface area contributed by atoms with Crippen LogP contribution in [0.3, 0.4) is 0 Å². The fourth-order valence-electron chi connectivity index (χ4n) is 2.98. The molecule has 0 bridgehead atoms. The van der Waals surface area contributed by atoms with Gasteiger partial charge < -0.3 is 12.7 Å². The molecule has 41 heavy (non-hydrogen) atoms. The molecule has 0 saturated carbocycles. The zero-order valence-electron chi connectivity index (χ0n) is 23.0. The van der Waals surface area contributed by atoms with Crippen LogP contribution in [0.25, 0.3) is 0 Å². The van der Waals surface area contributed by atoms with Crippen LogP contribution in [0.2, 0.25) is 0 Å². The summed E-state index contributed by atoms with van der Waals surface area (Å²) in [5.74, 6) is -8.61. The average molecular weight is 660 g/mol. The van der Waals surface area contributed by atoms with Crippen molar-refractivity contribution in [1.82, 2.24) is 9.80 Å². The number of amides is 2. The Bertz CT molecular complexity index is 1270. The standard InChI is InChI=1S/C14H6F4O2.C6H3BrF2.C6H10N2O2.CH4.Mg.2H/c15-9-1-7(2-10(16)5-9)13(19)14(20)8-3-11(17)6-12(18)4-8;7-4-1-5(8)3-6(9)2-4;1-7-3-4-8(2)6(10)5(7)9;;;;/h1-6H;1-3H;3-4H2,1-2H3;1H4;;;/q;;;;+2;2*-1. The Balaban J connectivity index is -0.000000592. The largest absolute Gasteiger partial charge is 2.00 e. The van der Waals surface area contributed by atoms with Gasteiger partial charge in [-0.25, -0.2) is 26.3 Å². The molecule has 14 heteroatoms. The molecular formula is C27H25BrF6MgN2O4. The molecule has 0 N–H and O–H groups in total. The van der Waals surface area contributed by atoms with Crippen molar-refractivity contribution in [2.75, 3.05) is 27.2 Å². The summed E-state index contributed by atoms with van der Waals surface area (Å²) in [7, 11) is 3.26. The van der Waals surface area contributed by atoms with Crippen LogP contribution in [0.5, 0.6) is 0 Å². The number of ketones is 2. The van der Waals surface area contributed by atoms with Crippen LogP contribution in [0.4, 0.5) is 26.3 Å². The number of benzene rings is 3. The SMILES string of the molecule is C.CN1CCN(C)C(=O)C1=O.Fc1cc(F)cc(Br)c1.O=C(C(=O)c1cc(F)cc(F)c1)c1cc(F)cc(F)c1.[H-].[H-].[Mg+2]. The molecule has 0 atom stereocenters. The molecule has 1 heterocycles. The zero-order chi connectivity index (χ0) is 29.4. The fourth-order valence-corrected chi connectivity index (χ4v) is 3.42. The van der Waals surface area contributed by atoms with Gasteiger partial charge in [-0.05, 0) is 36.4 Å². The zero-order valence-corrected chi connectivity index (χ0v) is 24.0. The Labute approximate surface area is 259 Å². The van der Waals surface area contributed by atoms with Crippen LogP contribution in [0.15, 0.2) is 59.1 Å². The summed E-state index contributed by atoms with van der Waals surface area (Å²) in [6.07, 6.45) is 0. The van der Waals surface area contributed by atoms with Crippen molar-refractivity contribution >= 4 is 62.4 Å². The predicted octanol–water partition coefficient (Wildman–Crippen LogP) is 5.43. The van der Waals surface area contributed by atoms with Crippen molar-refractivity contribution in [2.45, 2.75) is 7.43 Å². The third kappa shape index (κ3) is 11.6. The number of hydrogen-bond donors (Lipinski definition) is 0. The monoisotopic (exact) mass is 658 g/mol. The van der Waals surface area contributed by atoms with E-state index >= 15 is 0 Å². The van der Waals surface area contributed by atoms with Gasteiger partial charge in [0.1, 0.15) is 34.9 Å². The van der Waals surface area contributed by atoms with Crippen LogP contribution >= 0.6 is 15.9 Å². The van der Waals surface area contributed by atoms with Gasteiger partial charge in [0.15, 0.2) is 0 Å². The van der Waals surface area contributed by atoms with E-state index in [1.165, 1.54) is 21.9 Å². The minimum absolute atomic E-state index is 0. The third-order valence-electron chi connectivity index (χ3n) is 4.93. The molecule has 0 spiro atoms. The number of piperazine rings is 1. The molecule has 0 aromatic heterocycles. The van der Waals surface area contributed by atoms with E-state index in [-0.39, 0.29) is 33.3 Å². The van der Waals surface area contributed by atoms with Gasteiger partial charge in [-0.3, -0.25) is 19.2 Å². The van der Waals surface area contributed by atoms with E-state index in [0.29, 0.717) is 54.0 Å². The number of Topliss-reactive ketones (excluding diaryl/α,β-unsaturated/α-hetero) is 2.